The number of carbonyl (C=O) groups is 1. The number of hydrogen-bond donors (Lipinski definition) is 1. The average molecular weight is 467 g/mol. The van der Waals surface area contributed by atoms with Crippen LogP contribution in [-0.4, -0.2) is 19.1 Å². The fourth-order valence-electron chi connectivity index (χ4n) is 4.07. The second-order valence-corrected chi connectivity index (χ2v) is 7.63. The molecule has 1 aliphatic rings. The van der Waals surface area contributed by atoms with Crippen molar-refractivity contribution in [1.29, 1.82) is 0 Å². The lowest BCUT2D eigenvalue weighted by Crippen LogP contribution is -2.36. The number of rotatable bonds is 4. The van der Waals surface area contributed by atoms with Crippen molar-refractivity contribution in [3.63, 3.8) is 0 Å². The molecule has 0 radical (unpaired) electrons. The highest BCUT2D eigenvalue weighted by molar-refractivity contribution is 5.97. The summed E-state index contributed by atoms with van der Waals surface area (Å²) < 4.78 is 58.9. The SMILES string of the molecule is COc1ccc(NC(=O)[C@@H]2Oc3c(c(=O)oc4ccccc34)[C@H]2c2ccc(F)c(F)c2F)cc1. The maximum absolute atomic E-state index is 14.9. The highest BCUT2D eigenvalue weighted by atomic mass is 19.2. The van der Waals surface area contributed by atoms with E-state index < -0.39 is 46.6 Å². The van der Waals surface area contributed by atoms with Crippen molar-refractivity contribution in [3.8, 4) is 11.5 Å². The van der Waals surface area contributed by atoms with Crippen molar-refractivity contribution in [2.24, 2.45) is 0 Å². The van der Waals surface area contributed by atoms with Gasteiger partial charge in [-0.1, -0.05) is 18.2 Å². The van der Waals surface area contributed by atoms with E-state index in [1.165, 1.54) is 13.2 Å². The summed E-state index contributed by atoms with van der Waals surface area (Å²) in [5, 5.41) is 3.02. The first-order valence-electron chi connectivity index (χ1n) is 10.2. The van der Waals surface area contributed by atoms with Gasteiger partial charge in [0.25, 0.3) is 5.91 Å². The minimum absolute atomic E-state index is 0.0239. The van der Waals surface area contributed by atoms with Gasteiger partial charge in [-0.25, -0.2) is 18.0 Å². The summed E-state index contributed by atoms with van der Waals surface area (Å²) in [5.41, 5.74) is -0.852. The van der Waals surface area contributed by atoms with Gasteiger partial charge in [0, 0.05) is 11.3 Å². The molecule has 0 bridgehead atoms. The summed E-state index contributed by atoms with van der Waals surface area (Å²) in [4.78, 5) is 26.1. The second kappa shape index (κ2) is 8.26. The van der Waals surface area contributed by atoms with Crippen LogP contribution in [-0.2, 0) is 4.79 Å². The van der Waals surface area contributed by atoms with Gasteiger partial charge in [0.2, 0.25) is 0 Å². The monoisotopic (exact) mass is 467 g/mol. The van der Waals surface area contributed by atoms with E-state index in [-0.39, 0.29) is 16.9 Å². The van der Waals surface area contributed by atoms with Gasteiger partial charge in [0.1, 0.15) is 17.1 Å². The minimum Gasteiger partial charge on any atom is -0.497 e. The molecule has 1 N–H and O–H groups in total. The highest BCUT2D eigenvalue weighted by Crippen LogP contribution is 2.45. The van der Waals surface area contributed by atoms with Gasteiger partial charge in [0.05, 0.1) is 24.0 Å². The van der Waals surface area contributed by atoms with Crippen LogP contribution in [0.4, 0.5) is 18.9 Å². The molecule has 2 heterocycles. The summed E-state index contributed by atoms with van der Waals surface area (Å²) in [6.07, 6.45) is -1.47. The van der Waals surface area contributed by atoms with Crippen molar-refractivity contribution in [2.75, 3.05) is 12.4 Å². The van der Waals surface area contributed by atoms with Crippen LogP contribution in [0.3, 0.4) is 0 Å². The number of fused-ring (bicyclic) bond motifs is 3. The zero-order chi connectivity index (χ0) is 24.0. The fourth-order valence-corrected chi connectivity index (χ4v) is 4.07. The Labute approximate surface area is 190 Å². The second-order valence-electron chi connectivity index (χ2n) is 7.63. The molecular formula is C25H16F3NO5. The molecule has 0 unspecified atom stereocenters. The molecule has 34 heavy (non-hydrogen) atoms. The summed E-state index contributed by atoms with van der Waals surface area (Å²) in [6.45, 7) is 0. The molecule has 0 fully saturated rings. The summed E-state index contributed by atoms with van der Waals surface area (Å²) in [5.74, 6) is -6.15. The molecule has 9 heteroatoms. The van der Waals surface area contributed by atoms with E-state index in [0.717, 1.165) is 12.1 Å². The standard InChI is InChI=1S/C25H16F3NO5/c1-32-13-8-6-12(7-9-13)29-24(30)23-18(15-10-11-16(26)21(28)20(15)27)19-22(34-23)14-4-2-3-5-17(14)33-25(19)31/h2-11,18,23H,1H3,(H,29,30)/t18-,23-/m1/s1. The van der Waals surface area contributed by atoms with Crippen molar-refractivity contribution in [3.05, 3.63) is 99.7 Å². The zero-order valence-electron chi connectivity index (χ0n) is 17.6. The molecule has 0 spiro atoms. The number of methoxy groups -OCH3 is 1. The number of amides is 1. The van der Waals surface area contributed by atoms with Crippen LogP contribution >= 0.6 is 0 Å². The molecule has 6 nitrogen and oxygen atoms in total. The van der Waals surface area contributed by atoms with Crippen LogP contribution in [0.5, 0.6) is 11.5 Å². The Morgan fingerprint density at radius 1 is 0.971 bits per heavy atom. The third-order valence-electron chi connectivity index (χ3n) is 5.67. The Bertz CT molecular complexity index is 1480. The Morgan fingerprint density at radius 2 is 1.71 bits per heavy atom. The van der Waals surface area contributed by atoms with E-state index >= 15 is 0 Å². The molecule has 0 saturated carbocycles. The maximum atomic E-state index is 14.9. The van der Waals surface area contributed by atoms with Crippen LogP contribution < -0.4 is 20.4 Å². The Morgan fingerprint density at radius 3 is 2.44 bits per heavy atom. The average Bonchev–Trinajstić information content (AvgIpc) is 3.25. The maximum Gasteiger partial charge on any atom is 0.344 e. The van der Waals surface area contributed by atoms with Crippen LogP contribution in [0.2, 0.25) is 0 Å². The van der Waals surface area contributed by atoms with Gasteiger partial charge in [-0.3, -0.25) is 4.79 Å². The lowest BCUT2D eigenvalue weighted by molar-refractivity contribution is -0.122. The predicted octanol–water partition coefficient (Wildman–Crippen LogP) is 4.75. The highest BCUT2D eigenvalue weighted by Gasteiger charge is 2.45. The zero-order valence-corrected chi connectivity index (χ0v) is 17.6. The van der Waals surface area contributed by atoms with E-state index in [2.05, 4.69) is 5.32 Å². The van der Waals surface area contributed by atoms with Gasteiger partial charge in [-0.15, -0.1) is 0 Å². The molecule has 1 amide bonds. The third-order valence-corrected chi connectivity index (χ3v) is 5.67. The molecule has 172 valence electrons. The molecule has 0 saturated heterocycles. The smallest absolute Gasteiger partial charge is 0.344 e. The van der Waals surface area contributed by atoms with Gasteiger partial charge >= 0.3 is 5.63 Å². The van der Waals surface area contributed by atoms with Gasteiger partial charge in [-0.2, -0.15) is 0 Å². The summed E-state index contributed by atoms with van der Waals surface area (Å²) in [7, 11) is 1.49. The number of benzene rings is 3. The first kappa shape index (κ1) is 21.6. The number of para-hydroxylation sites is 1. The molecule has 5 rings (SSSR count). The van der Waals surface area contributed by atoms with E-state index in [4.69, 9.17) is 13.9 Å². The molecule has 3 aromatic carbocycles. The Kier molecular flexibility index (Phi) is 5.24. The molecule has 1 aromatic heterocycles. The van der Waals surface area contributed by atoms with E-state index in [0.29, 0.717) is 16.8 Å². The first-order valence-corrected chi connectivity index (χ1v) is 10.2. The van der Waals surface area contributed by atoms with Crippen molar-refractivity contribution < 1.29 is 31.9 Å². The van der Waals surface area contributed by atoms with Crippen molar-refractivity contribution in [2.45, 2.75) is 12.0 Å². The number of ether oxygens (including phenoxy) is 2. The molecule has 1 aliphatic heterocycles. The van der Waals surface area contributed by atoms with Crippen LogP contribution in [0.15, 0.2) is 69.9 Å². The van der Waals surface area contributed by atoms with Gasteiger partial charge < -0.3 is 19.2 Å². The minimum atomic E-state index is -1.72. The summed E-state index contributed by atoms with van der Waals surface area (Å²) >= 11 is 0. The third kappa shape index (κ3) is 3.45. The van der Waals surface area contributed by atoms with Crippen molar-refractivity contribution >= 4 is 22.6 Å². The lowest BCUT2D eigenvalue weighted by Gasteiger charge is -2.19. The fraction of sp³-hybridized carbons (Fsp3) is 0.120. The first-order chi connectivity index (χ1) is 16.4. The molecule has 2 atom stereocenters. The van der Waals surface area contributed by atoms with E-state index in [1.54, 1.807) is 42.5 Å². The number of nitrogens with one attached hydrogen (secondary N) is 1. The number of halogens is 3. The Hall–Kier alpha value is -4.27. The lowest BCUT2D eigenvalue weighted by atomic mass is 9.87. The normalized spacial score (nSPS) is 16.7. The molecule has 0 aliphatic carbocycles. The summed E-state index contributed by atoms with van der Waals surface area (Å²) in [6, 6.07) is 14.6. The van der Waals surface area contributed by atoms with Crippen LogP contribution in [0.25, 0.3) is 11.0 Å². The van der Waals surface area contributed by atoms with E-state index in [1.807, 2.05) is 0 Å². The quantitative estimate of drug-likeness (QED) is 0.346. The van der Waals surface area contributed by atoms with Crippen LogP contribution in [0.1, 0.15) is 17.0 Å². The largest absolute Gasteiger partial charge is 0.497 e. The number of hydrogen-bond acceptors (Lipinski definition) is 5. The van der Waals surface area contributed by atoms with E-state index in [9.17, 15) is 22.8 Å². The number of anilines is 1. The number of carbonyl (C=O) groups excluding carboxylic acids is 1. The Balaban J connectivity index is 1.64. The topological polar surface area (TPSA) is 77.8 Å². The molecule has 4 aromatic rings. The molecular weight excluding hydrogens is 451 g/mol. The van der Waals surface area contributed by atoms with Gasteiger partial charge in [0.15, 0.2) is 23.6 Å². The van der Waals surface area contributed by atoms with Gasteiger partial charge in [-0.05, 0) is 42.5 Å². The van der Waals surface area contributed by atoms with Crippen molar-refractivity contribution in [1.82, 2.24) is 0 Å². The predicted molar refractivity (Wildman–Crippen MR) is 117 cm³/mol. The van der Waals surface area contributed by atoms with Crippen LogP contribution in [0, 0.1) is 17.5 Å².